The lowest BCUT2D eigenvalue weighted by Gasteiger charge is -2.07. The van der Waals surface area contributed by atoms with Gasteiger partial charge in [0.25, 0.3) is 0 Å². The molecular formula is C12H14N2O. The van der Waals surface area contributed by atoms with Crippen LogP contribution in [0.3, 0.4) is 0 Å². The Labute approximate surface area is 88.8 Å². The average Bonchev–Trinajstić information content (AvgIpc) is 2.18. The number of aliphatic hydroxyl groups excluding tert-OH is 1. The second kappa shape index (κ2) is 3.95. The molecule has 0 radical (unpaired) electrons. The largest absolute Gasteiger partial charge is 0.393 e. The summed E-state index contributed by atoms with van der Waals surface area (Å²) in [5.41, 5.74) is 3.57. The molecular weight excluding hydrogens is 188 g/mol. The zero-order valence-corrected chi connectivity index (χ0v) is 8.94. The van der Waals surface area contributed by atoms with Gasteiger partial charge in [0.05, 0.1) is 28.5 Å². The molecule has 0 aliphatic rings. The Morgan fingerprint density at radius 3 is 2.40 bits per heavy atom. The highest BCUT2D eigenvalue weighted by atomic mass is 16.3. The van der Waals surface area contributed by atoms with Crippen LogP contribution in [0.4, 0.5) is 0 Å². The van der Waals surface area contributed by atoms with Crippen LogP contribution in [0.2, 0.25) is 0 Å². The Balaban J connectivity index is 2.52. The number of nitrogens with zero attached hydrogens (tertiary/aromatic N) is 2. The van der Waals surface area contributed by atoms with Crippen molar-refractivity contribution in [3.8, 4) is 0 Å². The van der Waals surface area contributed by atoms with E-state index in [-0.39, 0.29) is 6.10 Å². The van der Waals surface area contributed by atoms with E-state index in [0.29, 0.717) is 6.42 Å². The van der Waals surface area contributed by atoms with Gasteiger partial charge in [-0.25, -0.2) is 9.97 Å². The highest BCUT2D eigenvalue weighted by Crippen LogP contribution is 2.13. The van der Waals surface area contributed by atoms with Gasteiger partial charge in [0, 0.05) is 6.42 Å². The molecule has 0 aliphatic carbocycles. The Morgan fingerprint density at radius 1 is 1.20 bits per heavy atom. The lowest BCUT2D eigenvalue weighted by molar-refractivity contribution is 0.194. The summed E-state index contributed by atoms with van der Waals surface area (Å²) in [5, 5.41) is 9.33. The van der Waals surface area contributed by atoms with E-state index in [9.17, 15) is 5.11 Å². The normalized spacial score (nSPS) is 13.0. The van der Waals surface area contributed by atoms with E-state index in [2.05, 4.69) is 9.97 Å². The fraction of sp³-hybridized carbons (Fsp3) is 0.333. The topological polar surface area (TPSA) is 46.0 Å². The predicted octanol–water partition coefficient (Wildman–Crippen LogP) is 1.86. The Kier molecular flexibility index (Phi) is 2.64. The summed E-state index contributed by atoms with van der Waals surface area (Å²) in [4.78, 5) is 8.95. The van der Waals surface area contributed by atoms with Crippen molar-refractivity contribution in [1.29, 1.82) is 0 Å². The van der Waals surface area contributed by atoms with Crippen molar-refractivity contribution in [2.24, 2.45) is 0 Å². The van der Waals surface area contributed by atoms with Gasteiger partial charge in [-0.1, -0.05) is 12.1 Å². The first-order valence-electron chi connectivity index (χ1n) is 5.07. The second-order valence-corrected chi connectivity index (χ2v) is 3.80. The minimum atomic E-state index is -0.376. The zero-order chi connectivity index (χ0) is 10.8. The summed E-state index contributed by atoms with van der Waals surface area (Å²) in [5.74, 6) is 0. The van der Waals surface area contributed by atoms with E-state index in [1.807, 2.05) is 31.2 Å². The molecule has 0 fully saturated rings. The van der Waals surface area contributed by atoms with Gasteiger partial charge in [-0.15, -0.1) is 0 Å². The smallest absolute Gasteiger partial charge is 0.0890 e. The SMILES string of the molecule is Cc1nc2ccccc2nc1CC(C)O. The van der Waals surface area contributed by atoms with Crippen molar-refractivity contribution in [1.82, 2.24) is 9.97 Å². The molecule has 2 aromatic rings. The molecule has 0 bridgehead atoms. The average molecular weight is 202 g/mol. The number of fused-ring (bicyclic) bond motifs is 1. The molecule has 0 aliphatic heterocycles. The standard InChI is InChI=1S/C12H14N2O/c1-8(15)7-12-9(2)13-10-5-3-4-6-11(10)14-12/h3-6,8,15H,7H2,1-2H3. The molecule has 1 N–H and O–H groups in total. The van der Waals surface area contributed by atoms with E-state index in [1.54, 1.807) is 6.92 Å². The summed E-state index contributed by atoms with van der Waals surface area (Å²) in [6.45, 7) is 3.69. The van der Waals surface area contributed by atoms with Crippen molar-refractivity contribution in [3.05, 3.63) is 35.7 Å². The zero-order valence-electron chi connectivity index (χ0n) is 8.94. The van der Waals surface area contributed by atoms with Crippen molar-refractivity contribution in [2.45, 2.75) is 26.4 Å². The third-order valence-corrected chi connectivity index (χ3v) is 2.33. The number of rotatable bonds is 2. The number of para-hydroxylation sites is 2. The summed E-state index contributed by atoms with van der Waals surface area (Å²) < 4.78 is 0. The van der Waals surface area contributed by atoms with Crippen LogP contribution in [0.15, 0.2) is 24.3 Å². The Hall–Kier alpha value is -1.48. The van der Waals surface area contributed by atoms with E-state index >= 15 is 0 Å². The first-order valence-corrected chi connectivity index (χ1v) is 5.07. The third-order valence-electron chi connectivity index (χ3n) is 2.33. The number of benzene rings is 1. The molecule has 0 saturated carbocycles. The van der Waals surface area contributed by atoms with Crippen LogP contribution in [0, 0.1) is 6.92 Å². The maximum Gasteiger partial charge on any atom is 0.0890 e. The van der Waals surface area contributed by atoms with Gasteiger partial charge in [-0.3, -0.25) is 0 Å². The van der Waals surface area contributed by atoms with Crippen molar-refractivity contribution < 1.29 is 5.11 Å². The Bertz CT molecular complexity index is 480. The maximum atomic E-state index is 9.33. The first-order chi connectivity index (χ1) is 7.16. The van der Waals surface area contributed by atoms with Crippen LogP contribution < -0.4 is 0 Å². The molecule has 1 unspecified atom stereocenters. The Morgan fingerprint density at radius 2 is 1.80 bits per heavy atom. The molecule has 1 atom stereocenters. The summed E-state index contributed by atoms with van der Waals surface area (Å²) in [6, 6.07) is 7.78. The van der Waals surface area contributed by atoms with Crippen LogP contribution >= 0.6 is 0 Å². The van der Waals surface area contributed by atoms with Crippen molar-refractivity contribution in [2.75, 3.05) is 0 Å². The van der Waals surface area contributed by atoms with Crippen LogP contribution in [-0.2, 0) is 6.42 Å². The molecule has 15 heavy (non-hydrogen) atoms. The van der Waals surface area contributed by atoms with Gasteiger partial charge < -0.3 is 5.11 Å². The molecule has 0 amide bonds. The van der Waals surface area contributed by atoms with Crippen LogP contribution in [0.25, 0.3) is 11.0 Å². The predicted molar refractivity (Wildman–Crippen MR) is 59.7 cm³/mol. The quantitative estimate of drug-likeness (QED) is 0.808. The van der Waals surface area contributed by atoms with Crippen LogP contribution in [0.1, 0.15) is 18.3 Å². The molecule has 3 heteroatoms. The molecule has 2 rings (SSSR count). The second-order valence-electron chi connectivity index (χ2n) is 3.80. The van der Waals surface area contributed by atoms with Gasteiger partial charge in [0.15, 0.2) is 0 Å². The van der Waals surface area contributed by atoms with Gasteiger partial charge in [-0.05, 0) is 26.0 Å². The third kappa shape index (κ3) is 2.13. The van der Waals surface area contributed by atoms with Crippen molar-refractivity contribution >= 4 is 11.0 Å². The van der Waals surface area contributed by atoms with Gasteiger partial charge in [0.2, 0.25) is 0 Å². The van der Waals surface area contributed by atoms with E-state index in [0.717, 1.165) is 22.4 Å². The fourth-order valence-corrected chi connectivity index (χ4v) is 1.60. The monoisotopic (exact) mass is 202 g/mol. The molecule has 1 aromatic carbocycles. The van der Waals surface area contributed by atoms with Crippen molar-refractivity contribution in [3.63, 3.8) is 0 Å². The van der Waals surface area contributed by atoms with Crippen LogP contribution in [0.5, 0.6) is 0 Å². The first kappa shape index (κ1) is 10.1. The van der Waals surface area contributed by atoms with E-state index in [1.165, 1.54) is 0 Å². The van der Waals surface area contributed by atoms with Gasteiger partial charge >= 0.3 is 0 Å². The molecule has 1 aromatic heterocycles. The van der Waals surface area contributed by atoms with Gasteiger partial charge in [0.1, 0.15) is 0 Å². The number of hydrogen-bond donors (Lipinski definition) is 1. The lowest BCUT2D eigenvalue weighted by atomic mass is 10.1. The minimum absolute atomic E-state index is 0.376. The highest BCUT2D eigenvalue weighted by Gasteiger charge is 2.07. The molecule has 0 saturated heterocycles. The van der Waals surface area contributed by atoms with Gasteiger partial charge in [-0.2, -0.15) is 0 Å². The van der Waals surface area contributed by atoms with Crippen LogP contribution in [-0.4, -0.2) is 21.2 Å². The van der Waals surface area contributed by atoms with E-state index < -0.39 is 0 Å². The maximum absolute atomic E-state index is 9.33. The number of aromatic nitrogens is 2. The molecule has 3 nitrogen and oxygen atoms in total. The number of aliphatic hydroxyl groups is 1. The van der Waals surface area contributed by atoms with E-state index in [4.69, 9.17) is 0 Å². The number of aryl methyl sites for hydroxylation is 1. The molecule has 0 spiro atoms. The molecule has 78 valence electrons. The highest BCUT2D eigenvalue weighted by molar-refractivity contribution is 5.74. The fourth-order valence-electron chi connectivity index (χ4n) is 1.60. The lowest BCUT2D eigenvalue weighted by Crippen LogP contribution is -2.08. The summed E-state index contributed by atoms with van der Waals surface area (Å²) in [7, 11) is 0. The molecule has 1 heterocycles. The summed E-state index contributed by atoms with van der Waals surface area (Å²) >= 11 is 0. The summed E-state index contributed by atoms with van der Waals surface area (Å²) in [6.07, 6.45) is 0.183. The minimum Gasteiger partial charge on any atom is -0.393 e. The number of hydrogen-bond acceptors (Lipinski definition) is 3.